The van der Waals surface area contributed by atoms with Crippen molar-refractivity contribution in [1.29, 1.82) is 0 Å². The molecule has 0 heterocycles. The first-order valence-electron chi connectivity index (χ1n) is 12.4. The minimum Gasteiger partial charge on any atom is -0.391 e. The van der Waals surface area contributed by atoms with Crippen molar-refractivity contribution in [1.82, 2.24) is 5.32 Å². The monoisotopic (exact) mass is 542 g/mol. The van der Waals surface area contributed by atoms with Crippen LogP contribution in [0.3, 0.4) is 0 Å². The van der Waals surface area contributed by atoms with Crippen molar-refractivity contribution in [3.63, 3.8) is 0 Å². The number of nitrogens with one attached hydrogen (secondary N) is 1. The molecule has 3 N–H and O–H groups in total. The first-order chi connectivity index (χ1) is 17.6. The lowest BCUT2D eigenvalue weighted by molar-refractivity contribution is 0.129. The van der Waals surface area contributed by atoms with Gasteiger partial charge in [-0.2, -0.15) is 0 Å². The zero-order chi connectivity index (χ0) is 26.8. The highest BCUT2D eigenvalue weighted by Gasteiger charge is 2.18. The molecule has 0 saturated carbocycles. The van der Waals surface area contributed by atoms with Crippen LogP contribution in [0.15, 0.2) is 71.9 Å². The van der Waals surface area contributed by atoms with Crippen molar-refractivity contribution < 1.29 is 19.2 Å². The Labute approximate surface area is 224 Å². The van der Waals surface area contributed by atoms with E-state index in [1.807, 2.05) is 49.4 Å². The van der Waals surface area contributed by atoms with Gasteiger partial charge in [-0.05, 0) is 85.7 Å². The van der Waals surface area contributed by atoms with Crippen molar-refractivity contribution >= 4 is 24.9 Å². The molecule has 198 valence electrons. The van der Waals surface area contributed by atoms with Crippen LogP contribution in [0.5, 0.6) is 0 Å². The van der Waals surface area contributed by atoms with E-state index >= 15 is 0 Å². The van der Waals surface area contributed by atoms with Crippen LogP contribution in [0.4, 0.5) is 0 Å². The lowest BCUT2D eigenvalue weighted by Crippen LogP contribution is -2.15. The first kappa shape index (κ1) is 29.1. The largest absolute Gasteiger partial charge is 0.391 e. The summed E-state index contributed by atoms with van der Waals surface area (Å²) in [5.41, 5.74) is 7.88. The average Bonchev–Trinajstić information content (AvgIpc) is 2.84. The minimum atomic E-state index is -3.92. The smallest absolute Gasteiger partial charge is 0.325 e. The number of halogens is 1. The van der Waals surface area contributed by atoms with Crippen LogP contribution >= 0.6 is 19.2 Å². The summed E-state index contributed by atoms with van der Waals surface area (Å²) in [5, 5.41) is 8.38. The Morgan fingerprint density at radius 1 is 1.00 bits per heavy atom. The maximum atomic E-state index is 10.9. The van der Waals surface area contributed by atoms with E-state index in [4.69, 9.17) is 26.2 Å². The highest BCUT2D eigenvalue weighted by atomic mass is 35.5. The third-order valence-corrected chi connectivity index (χ3v) is 7.50. The van der Waals surface area contributed by atoms with E-state index in [-0.39, 0.29) is 12.1 Å². The van der Waals surface area contributed by atoms with Crippen LogP contribution < -0.4 is 5.32 Å². The summed E-state index contributed by atoms with van der Waals surface area (Å²) in [5.74, 6) is 0.0415. The second kappa shape index (κ2) is 13.9. The normalized spacial score (nSPS) is 13.0. The molecular formula is C29H36ClN2O4P. The Bertz CT molecular complexity index is 1240. The number of benzene rings is 3. The van der Waals surface area contributed by atoms with Gasteiger partial charge in [-0.15, -0.1) is 0 Å². The summed E-state index contributed by atoms with van der Waals surface area (Å²) in [6, 6.07) is 22.5. The standard InChI is InChI=1S/C29H36ClN2O4P/c1-21-8-9-26(16-22(21)2)17-29(27-6-4-7-28(30)18-27)23(3)32-36-20-25-12-10-24(11-13-25)19-31-14-5-15-37(33,34)35/h4,6-13,16,18,29,31H,5,14-15,17,19-20H2,1-3H3,(H2,33,34,35)/b32-23+. The molecule has 0 fully saturated rings. The van der Waals surface area contributed by atoms with Crippen LogP contribution in [-0.4, -0.2) is 28.2 Å². The minimum absolute atomic E-state index is 0.0415. The SMILES string of the molecule is C/C(=N\OCc1ccc(CNCCCP(=O)(O)O)cc1)C(Cc1ccc(C)c(C)c1)c1cccc(Cl)c1. The van der Waals surface area contributed by atoms with Gasteiger partial charge < -0.3 is 19.9 Å². The van der Waals surface area contributed by atoms with Gasteiger partial charge in [0.05, 0.1) is 11.9 Å². The third kappa shape index (κ3) is 10.1. The van der Waals surface area contributed by atoms with Gasteiger partial charge in [-0.25, -0.2) is 0 Å². The maximum Gasteiger partial charge on any atom is 0.325 e. The van der Waals surface area contributed by atoms with Crippen LogP contribution in [0.1, 0.15) is 52.6 Å². The molecule has 8 heteroatoms. The van der Waals surface area contributed by atoms with E-state index in [1.54, 1.807) is 0 Å². The van der Waals surface area contributed by atoms with Gasteiger partial charge in [0, 0.05) is 17.5 Å². The van der Waals surface area contributed by atoms with E-state index < -0.39 is 7.60 Å². The molecule has 3 aromatic carbocycles. The predicted molar refractivity (Wildman–Crippen MR) is 151 cm³/mol. The number of rotatable bonds is 13. The summed E-state index contributed by atoms with van der Waals surface area (Å²) >= 11 is 6.30. The van der Waals surface area contributed by atoms with Gasteiger partial charge in [0.1, 0.15) is 6.61 Å². The van der Waals surface area contributed by atoms with Gasteiger partial charge in [-0.1, -0.05) is 71.4 Å². The fourth-order valence-corrected chi connectivity index (χ4v) is 4.83. The molecule has 0 aliphatic rings. The number of aryl methyl sites for hydroxylation is 2. The van der Waals surface area contributed by atoms with Crippen molar-refractivity contribution in [3.05, 3.63) is 105 Å². The quantitative estimate of drug-likeness (QED) is 0.0988. The molecular weight excluding hydrogens is 507 g/mol. The first-order valence-corrected chi connectivity index (χ1v) is 14.6. The Morgan fingerprint density at radius 3 is 2.38 bits per heavy atom. The fraction of sp³-hybridized carbons (Fsp3) is 0.345. The lowest BCUT2D eigenvalue weighted by Gasteiger charge is -2.18. The van der Waals surface area contributed by atoms with E-state index in [1.165, 1.54) is 16.7 Å². The van der Waals surface area contributed by atoms with Crippen molar-refractivity contribution in [3.8, 4) is 0 Å². The Morgan fingerprint density at radius 2 is 1.70 bits per heavy atom. The summed E-state index contributed by atoms with van der Waals surface area (Å²) in [4.78, 5) is 23.6. The van der Waals surface area contributed by atoms with Crippen molar-refractivity contribution in [2.24, 2.45) is 5.16 Å². The predicted octanol–water partition coefficient (Wildman–Crippen LogP) is 6.53. The molecule has 0 spiro atoms. The van der Waals surface area contributed by atoms with E-state index in [9.17, 15) is 4.57 Å². The lowest BCUT2D eigenvalue weighted by atomic mass is 9.88. The number of nitrogens with zero attached hydrogens (tertiary/aromatic N) is 1. The number of hydrogen-bond donors (Lipinski definition) is 3. The molecule has 0 bridgehead atoms. The average molecular weight is 543 g/mol. The molecule has 0 aromatic heterocycles. The maximum absolute atomic E-state index is 10.9. The van der Waals surface area contributed by atoms with E-state index in [0.717, 1.165) is 28.8 Å². The highest BCUT2D eigenvalue weighted by Crippen LogP contribution is 2.34. The molecule has 0 aliphatic heterocycles. The van der Waals surface area contributed by atoms with Gasteiger partial charge in [-0.3, -0.25) is 4.57 Å². The van der Waals surface area contributed by atoms with E-state index in [0.29, 0.717) is 31.1 Å². The summed E-state index contributed by atoms with van der Waals surface area (Å²) in [6.45, 7) is 7.80. The summed E-state index contributed by atoms with van der Waals surface area (Å²) < 4.78 is 10.9. The molecule has 0 saturated heterocycles. The zero-order valence-corrected chi connectivity index (χ0v) is 23.3. The van der Waals surface area contributed by atoms with Crippen molar-refractivity contribution in [2.75, 3.05) is 12.7 Å². The number of hydrogen-bond acceptors (Lipinski definition) is 4. The van der Waals surface area contributed by atoms with Gasteiger partial charge >= 0.3 is 7.60 Å². The van der Waals surface area contributed by atoms with Gasteiger partial charge in [0.25, 0.3) is 0 Å². The fourth-order valence-electron chi connectivity index (χ4n) is 4.06. The third-order valence-electron chi connectivity index (χ3n) is 6.36. The second-order valence-corrected chi connectivity index (χ2v) is 11.7. The molecule has 0 amide bonds. The van der Waals surface area contributed by atoms with Gasteiger partial charge in [0.15, 0.2) is 0 Å². The topological polar surface area (TPSA) is 91.2 Å². The van der Waals surface area contributed by atoms with Crippen LogP contribution in [-0.2, 0) is 29.0 Å². The molecule has 6 nitrogen and oxygen atoms in total. The molecule has 3 aromatic rings. The van der Waals surface area contributed by atoms with Gasteiger partial charge in [0.2, 0.25) is 0 Å². The Kier molecular flexibility index (Phi) is 10.9. The summed E-state index contributed by atoms with van der Waals surface area (Å²) in [7, 11) is -3.92. The van der Waals surface area contributed by atoms with E-state index in [2.05, 4.69) is 48.6 Å². The molecule has 1 atom stereocenters. The molecule has 0 radical (unpaired) electrons. The zero-order valence-electron chi connectivity index (χ0n) is 21.7. The second-order valence-electron chi connectivity index (χ2n) is 9.47. The summed E-state index contributed by atoms with van der Waals surface area (Å²) in [6.07, 6.45) is 1.14. The number of oxime groups is 1. The molecule has 1 unspecified atom stereocenters. The Balaban J connectivity index is 1.59. The Hall–Kier alpha value is -2.47. The van der Waals surface area contributed by atoms with Crippen LogP contribution in [0, 0.1) is 13.8 Å². The molecule has 0 aliphatic carbocycles. The molecule has 3 rings (SSSR count). The highest BCUT2D eigenvalue weighted by molar-refractivity contribution is 7.51. The van der Waals surface area contributed by atoms with Crippen LogP contribution in [0.25, 0.3) is 0 Å². The van der Waals surface area contributed by atoms with Crippen LogP contribution in [0.2, 0.25) is 5.02 Å². The molecule has 37 heavy (non-hydrogen) atoms. The van der Waals surface area contributed by atoms with Crippen molar-refractivity contribution in [2.45, 2.75) is 52.7 Å².